The average Bonchev–Trinajstić information content (AvgIpc) is 2.36. The Kier molecular flexibility index (Phi) is 5.27. The lowest BCUT2D eigenvalue weighted by molar-refractivity contribution is -0.121. The molecular formula is C14H20N2O. The summed E-state index contributed by atoms with van der Waals surface area (Å²) in [5.74, 6) is -0.0236. The molecule has 1 aromatic carbocycles. The monoisotopic (exact) mass is 232 g/mol. The molecule has 1 atom stereocenters. The van der Waals surface area contributed by atoms with Crippen LogP contribution < -0.4 is 10.6 Å². The van der Waals surface area contributed by atoms with Crippen molar-refractivity contribution in [2.45, 2.75) is 26.3 Å². The topological polar surface area (TPSA) is 41.1 Å². The molecule has 92 valence electrons. The van der Waals surface area contributed by atoms with Crippen molar-refractivity contribution in [2.75, 3.05) is 11.9 Å². The van der Waals surface area contributed by atoms with E-state index in [1.54, 1.807) is 6.08 Å². The minimum absolute atomic E-state index is 0.0236. The van der Waals surface area contributed by atoms with E-state index in [0.29, 0.717) is 6.54 Å². The fraction of sp³-hybridized carbons (Fsp3) is 0.357. The van der Waals surface area contributed by atoms with Crippen LogP contribution in [0, 0.1) is 0 Å². The van der Waals surface area contributed by atoms with Gasteiger partial charge in [0.2, 0.25) is 5.91 Å². The van der Waals surface area contributed by atoms with Crippen LogP contribution in [0.1, 0.15) is 19.4 Å². The van der Waals surface area contributed by atoms with E-state index in [4.69, 9.17) is 0 Å². The van der Waals surface area contributed by atoms with Crippen molar-refractivity contribution in [3.8, 4) is 0 Å². The molecule has 1 amide bonds. The van der Waals surface area contributed by atoms with Gasteiger partial charge in [-0.1, -0.05) is 25.1 Å². The van der Waals surface area contributed by atoms with Gasteiger partial charge in [-0.25, -0.2) is 0 Å². The normalized spacial score (nSPS) is 11.6. The van der Waals surface area contributed by atoms with Gasteiger partial charge < -0.3 is 10.6 Å². The molecule has 0 fully saturated rings. The molecule has 0 saturated heterocycles. The maximum absolute atomic E-state index is 11.6. The number of carbonyl (C=O) groups is 1. The van der Waals surface area contributed by atoms with Crippen LogP contribution in [-0.2, 0) is 11.2 Å². The molecule has 0 aliphatic carbocycles. The van der Waals surface area contributed by atoms with E-state index in [1.165, 1.54) is 5.56 Å². The molecule has 0 bridgehead atoms. The summed E-state index contributed by atoms with van der Waals surface area (Å²) in [4.78, 5) is 11.6. The highest BCUT2D eigenvalue weighted by Gasteiger charge is 2.10. The summed E-state index contributed by atoms with van der Waals surface area (Å²) in [7, 11) is 0. The summed E-state index contributed by atoms with van der Waals surface area (Å²) in [5.41, 5.74) is 2.25. The average molecular weight is 232 g/mol. The molecule has 1 rings (SSSR count). The third-order valence-corrected chi connectivity index (χ3v) is 2.56. The van der Waals surface area contributed by atoms with E-state index < -0.39 is 0 Å². The third kappa shape index (κ3) is 4.31. The molecule has 2 N–H and O–H groups in total. The molecule has 0 aromatic heterocycles. The third-order valence-electron chi connectivity index (χ3n) is 2.56. The molecule has 3 nitrogen and oxygen atoms in total. The SMILES string of the molecule is C=CCNC(=O)[C@H](C)Nc1ccc(CC)cc1. The Morgan fingerprint density at radius 1 is 1.41 bits per heavy atom. The number of carbonyl (C=O) groups excluding carboxylic acids is 1. The standard InChI is InChI=1S/C14H20N2O/c1-4-10-15-14(17)11(3)16-13-8-6-12(5-2)7-9-13/h4,6-9,11,16H,1,5,10H2,2-3H3,(H,15,17)/t11-/m0/s1. The molecule has 1 aromatic rings. The Bertz CT molecular complexity index is 370. The minimum Gasteiger partial charge on any atom is -0.374 e. The van der Waals surface area contributed by atoms with Gasteiger partial charge in [-0.15, -0.1) is 6.58 Å². The largest absolute Gasteiger partial charge is 0.374 e. The van der Waals surface area contributed by atoms with Crippen molar-refractivity contribution in [3.63, 3.8) is 0 Å². The summed E-state index contributed by atoms with van der Waals surface area (Å²) in [6, 6.07) is 7.88. The summed E-state index contributed by atoms with van der Waals surface area (Å²) < 4.78 is 0. The van der Waals surface area contributed by atoms with E-state index in [9.17, 15) is 4.79 Å². The zero-order valence-corrected chi connectivity index (χ0v) is 10.5. The molecule has 0 heterocycles. The Morgan fingerprint density at radius 2 is 2.06 bits per heavy atom. The summed E-state index contributed by atoms with van der Waals surface area (Å²) in [6.07, 6.45) is 2.69. The number of amides is 1. The fourth-order valence-electron chi connectivity index (χ4n) is 1.48. The molecule has 0 aliphatic heterocycles. The molecule has 17 heavy (non-hydrogen) atoms. The second-order valence-electron chi connectivity index (χ2n) is 3.95. The van der Waals surface area contributed by atoms with Crippen LogP contribution in [0.15, 0.2) is 36.9 Å². The summed E-state index contributed by atoms with van der Waals surface area (Å²) in [6.45, 7) is 8.02. The van der Waals surface area contributed by atoms with Gasteiger partial charge in [0.1, 0.15) is 6.04 Å². The van der Waals surface area contributed by atoms with E-state index in [-0.39, 0.29) is 11.9 Å². The van der Waals surface area contributed by atoms with E-state index in [2.05, 4.69) is 36.3 Å². The van der Waals surface area contributed by atoms with Crippen LogP contribution in [0.4, 0.5) is 5.69 Å². The Balaban J connectivity index is 2.51. The highest BCUT2D eigenvalue weighted by Crippen LogP contribution is 2.11. The van der Waals surface area contributed by atoms with Crippen molar-refractivity contribution in [3.05, 3.63) is 42.5 Å². The maximum Gasteiger partial charge on any atom is 0.242 e. The first-order valence-electron chi connectivity index (χ1n) is 5.91. The first-order chi connectivity index (χ1) is 8.17. The van der Waals surface area contributed by atoms with Crippen molar-refractivity contribution in [2.24, 2.45) is 0 Å². The van der Waals surface area contributed by atoms with Gasteiger partial charge in [0.05, 0.1) is 0 Å². The smallest absolute Gasteiger partial charge is 0.242 e. The number of aryl methyl sites for hydroxylation is 1. The lowest BCUT2D eigenvalue weighted by Gasteiger charge is -2.14. The Labute approximate surface area is 103 Å². The fourth-order valence-corrected chi connectivity index (χ4v) is 1.48. The first kappa shape index (κ1) is 13.3. The molecule has 0 unspecified atom stereocenters. The van der Waals surface area contributed by atoms with Gasteiger partial charge in [-0.05, 0) is 31.0 Å². The first-order valence-corrected chi connectivity index (χ1v) is 5.91. The zero-order chi connectivity index (χ0) is 12.7. The molecule has 0 radical (unpaired) electrons. The lowest BCUT2D eigenvalue weighted by atomic mass is 10.1. The van der Waals surface area contributed by atoms with Crippen molar-refractivity contribution in [1.82, 2.24) is 5.32 Å². The number of rotatable bonds is 6. The predicted octanol–water partition coefficient (Wildman–Crippen LogP) is 2.35. The number of hydrogen-bond acceptors (Lipinski definition) is 2. The zero-order valence-electron chi connectivity index (χ0n) is 10.5. The van der Waals surface area contributed by atoms with Crippen LogP contribution in [0.5, 0.6) is 0 Å². The molecular weight excluding hydrogens is 212 g/mol. The van der Waals surface area contributed by atoms with Gasteiger partial charge in [0.15, 0.2) is 0 Å². The van der Waals surface area contributed by atoms with Crippen LogP contribution in [0.3, 0.4) is 0 Å². The van der Waals surface area contributed by atoms with Crippen LogP contribution in [0.2, 0.25) is 0 Å². The van der Waals surface area contributed by atoms with Crippen LogP contribution in [-0.4, -0.2) is 18.5 Å². The number of anilines is 1. The molecule has 3 heteroatoms. The predicted molar refractivity (Wildman–Crippen MR) is 72.1 cm³/mol. The Hall–Kier alpha value is -1.77. The van der Waals surface area contributed by atoms with E-state index in [1.807, 2.05) is 19.1 Å². The van der Waals surface area contributed by atoms with E-state index >= 15 is 0 Å². The number of nitrogens with one attached hydrogen (secondary N) is 2. The lowest BCUT2D eigenvalue weighted by Crippen LogP contribution is -2.37. The molecule has 0 spiro atoms. The van der Waals surface area contributed by atoms with Gasteiger partial charge in [0, 0.05) is 12.2 Å². The van der Waals surface area contributed by atoms with Crippen LogP contribution in [0.25, 0.3) is 0 Å². The second-order valence-corrected chi connectivity index (χ2v) is 3.95. The highest BCUT2D eigenvalue weighted by molar-refractivity contribution is 5.84. The van der Waals surface area contributed by atoms with Gasteiger partial charge in [-0.2, -0.15) is 0 Å². The van der Waals surface area contributed by atoms with Crippen molar-refractivity contribution in [1.29, 1.82) is 0 Å². The minimum atomic E-state index is -0.248. The maximum atomic E-state index is 11.6. The number of benzene rings is 1. The van der Waals surface area contributed by atoms with Crippen LogP contribution >= 0.6 is 0 Å². The van der Waals surface area contributed by atoms with Gasteiger partial charge in [-0.3, -0.25) is 4.79 Å². The number of hydrogen-bond donors (Lipinski definition) is 2. The van der Waals surface area contributed by atoms with Gasteiger partial charge >= 0.3 is 0 Å². The van der Waals surface area contributed by atoms with Gasteiger partial charge in [0.25, 0.3) is 0 Å². The Morgan fingerprint density at radius 3 is 2.59 bits per heavy atom. The quantitative estimate of drug-likeness (QED) is 0.739. The molecule has 0 saturated carbocycles. The summed E-state index contributed by atoms with van der Waals surface area (Å²) >= 11 is 0. The van der Waals surface area contributed by atoms with E-state index in [0.717, 1.165) is 12.1 Å². The van der Waals surface area contributed by atoms with Crippen molar-refractivity contribution < 1.29 is 4.79 Å². The summed E-state index contributed by atoms with van der Waals surface area (Å²) in [5, 5.41) is 5.91. The molecule has 0 aliphatic rings. The second kappa shape index (κ2) is 6.74. The highest BCUT2D eigenvalue weighted by atomic mass is 16.2. The van der Waals surface area contributed by atoms with Crippen molar-refractivity contribution >= 4 is 11.6 Å².